The van der Waals surface area contributed by atoms with Crippen LogP contribution in [0.25, 0.3) is 17.5 Å². The Morgan fingerprint density at radius 1 is 0.917 bits per heavy atom. The van der Waals surface area contributed by atoms with E-state index in [1.807, 2.05) is 0 Å². The van der Waals surface area contributed by atoms with Crippen molar-refractivity contribution in [1.29, 1.82) is 10.5 Å². The smallest absolute Gasteiger partial charge is 0.274 e. The minimum absolute atomic E-state index is 0.0306. The summed E-state index contributed by atoms with van der Waals surface area (Å²) in [6, 6.07) is 14.6. The molecule has 3 aromatic rings. The van der Waals surface area contributed by atoms with Crippen LogP contribution in [0.15, 0.2) is 46.8 Å². The maximum Gasteiger partial charge on any atom is 0.274 e. The number of allylic oxidation sites excluding steroid dienone is 1. The second-order valence-corrected chi connectivity index (χ2v) is 8.67. The number of nitriles is 2. The van der Waals surface area contributed by atoms with Gasteiger partial charge in [-0.05, 0) is 24.3 Å². The maximum atomic E-state index is 13.4. The number of nitrogens with zero attached hydrogens (tertiary/aromatic N) is 3. The Morgan fingerprint density at radius 3 is 2.11 bits per heavy atom. The van der Waals surface area contributed by atoms with Crippen molar-refractivity contribution in [2.75, 3.05) is 28.4 Å². The number of nitrogens with two attached hydrogens (primary N) is 1. The first kappa shape index (κ1) is 24.5. The highest BCUT2D eigenvalue weighted by Gasteiger charge is 2.34. The molecule has 10 heteroatoms. The second kappa shape index (κ2) is 9.90. The fourth-order valence-corrected chi connectivity index (χ4v) is 5.22. The molecule has 0 radical (unpaired) electrons. The van der Waals surface area contributed by atoms with Crippen molar-refractivity contribution >= 4 is 28.8 Å². The van der Waals surface area contributed by atoms with E-state index in [9.17, 15) is 15.3 Å². The van der Waals surface area contributed by atoms with E-state index in [1.54, 1.807) is 49.6 Å². The van der Waals surface area contributed by atoms with E-state index < -0.39 is 11.5 Å². The molecule has 0 amide bonds. The van der Waals surface area contributed by atoms with Crippen LogP contribution in [0.1, 0.15) is 17.0 Å². The first-order valence-corrected chi connectivity index (χ1v) is 11.5. The van der Waals surface area contributed by atoms with Gasteiger partial charge in [0.25, 0.3) is 5.56 Å². The molecule has 9 nitrogen and oxygen atoms in total. The summed E-state index contributed by atoms with van der Waals surface area (Å²) >= 11 is 1.11. The molecule has 2 N–H and O–H groups in total. The van der Waals surface area contributed by atoms with Gasteiger partial charge in [-0.1, -0.05) is 6.07 Å². The standard InChI is InChI=1S/C26H22N4O5S/c1-32-15-6-5-14(20(10-15)34-3)9-22-25(31)30-24(29)18(12-27)23(19(13-28)26(30)36-22)17-8-7-16(33-2)11-21(17)35-4/h5-11,23H,29H2,1-4H3/b22-9+/t23-/m0/s1. The average Bonchev–Trinajstić information content (AvgIpc) is 3.23. The lowest BCUT2D eigenvalue weighted by Crippen LogP contribution is -2.38. The molecule has 0 bridgehead atoms. The molecular weight excluding hydrogens is 480 g/mol. The molecule has 0 saturated heterocycles. The van der Waals surface area contributed by atoms with Crippen LogP contribution in [0.4, 0.5) is 0 Å². The Kier molecular flexibility index (Phi) is 6.73. The Balaban J connectivity index is 2.03. The number of hydrogen-bond donors (Lipinski definition) is 1. The van der Waals surface area contributed by atoms with Crippen molar-refractivity contribution < 1.29 is 18.9 Å². The van der Waals surface area contributed by atoms with Crippen LogP contribution in [0, 0.1) is 22.7 Å². The number of aromatic nitrogens is 1. The summed E-state index contributed by atoms with van der Waals surface area (Å²) in [6.07, 6.45) is 1.66. The molecule has 182 valence electrons. The highest BCUT2D eigenvalue weighted by atomic mass is 32.1. The minimum atomic E-state index is -0.817. The first-order chi connectivity index (χ1) is 17.4. The molecule has 0 saturated carbocycles. The lowest BCUT2D eigenvalue weighted by molar-refractivity contribution is 0.391. The summed E-state index contributed by atoms with van der Waals surface area (Å²) in [7, 11) is 6.09. The van der Waals surface area contributed by atoms with Gasteiger partial charge in [-0.15, -0.1) is 11.3 Å². The molecular formula is C26H22N4O5S. The number of rotatable bonds is 6. The number of benzene rings is 2. The number of thiazole rings is 1. The molecule has 1 aliphatic heterocycles. The van der Waals surface area contributed by atoms with Crippen molar-refractivity contribution in [3.63, 3.8) is 0 Å². The van der Waals surface area contributed by atoms with Gasteiger partial charge in [0.15, 0.2) is 0 Å². The van der Waals surface area contributed by atoms with E-state index in [0.29, 0.717) is 43.3 Å². The molecule has 36 heavy (non-hydrogen) atoms. The van der Waals surface area contributed by atoms with Gasteiger partial charge in [0.05, 0.1) is 62.2 Å². The van der Waals surface area contributed by atoms with Crippen LogP contribution in [0.3, 0.4) is 0 Å². The Bertz CT molecular complexity index is 1650. The predicted octanol–water partition coefficient (Wildman–Crippen LogP) is 1.90. The predicted molar refractivity (Wildman–Crippen MR) is 135 cm³/mol. The SMILES string of the molecule is COc1ccc(/C=c2/sc3n(c2=O)C(N)=C(C#N)[C@H](c2ccc(OC)cc2OC)C=3C#N)c(OC)c1. The van der Waals surface area contributed by atoms with Crippen LogP contribution in [-0.4, -0.2) is 33.0 Å². The van der Waals surface area contributed by atoms with Crippen molar-refractivity contribution in [3.8, 4) is 35.1 Å². The van der Waals surface area contributed by atoms with E-state index in [1.165, 1.54) is 25.9 Å². The van der Waals surface area contributed by atoms with Gasteiger partial charge in [0.2, 0.25) is 0 Å². The van der Waals surface area contributed by atoms with E-state index in [2.05, 4.69) is 12.1 Å². The van der Waals surface area contributed by atoms with E-state index in [-0.39, 0.29) is 17.0 Å². The van der Waals surface area contributed by atoms with Crippen molar-refractivity contribution in [2.45, 2.75) is 5.92 Å². The van der Waals surface area contributed by atoms with Crippen LogP contribution >= 0.6 is 11.3 Å². The molecule has 1 aliphatic rings. The summed E-state index contributed by atoms with van der Waals surface area (Å²) in [4.78, 5) is 13.4. The summed E-state index contributed by atoms with van der Waals surface area (Å²) in [5.41, 5.74) is 7.44. The van der Waals surface area contributed by atoms with Crippen molar-refractivity contribution in [2.24, 2.45) is 5.73 Å². The highest BCUT2D eigenvalue weighted by molar-refractivity contribution is 7.07. The van der Waals surface area contributed by atoms with Gasteiger partial charge in [0.1, 0.15) is 33.5 Å². The van der Waals surface area contributed by atoms with E-state index in [0.717, 1.165) is 11.3 Å². The molecule has 1 atom stereocenters. The molecule has 0 aliphatic carbocycles. The van der Waals surface area contributed by atoms with Gasteiger partial charge in [-0.2, -0.15) is 10.5 Å². The quantitative estimate of drug-likeness (QED) is 0.540. The molecule has 0 spiro atoms. The third-order valence-electron chi connectivity index (χ3n) is 5.87. The lowest BCUT2D eigenvalue weighted by atomic mass is 9.84. The Hall–Kier alpha value is -4.67. The monoisotopic (exact) mass is 502 g/mol. The van der Waals surface area contributed by atoms with Gasteiger partial charge in [0, 0.05) is 23.3 Å². The number of hydrogen-bond acceptors (Lipinski definition) is 9. The van der Waals surface area contributed by atoms with Gasteiger partial charge in [-0.25, -0.2) is 0 Å². The molecule has 2 heterocycles. The Morgan fingerprint density at radius 2 is 1.53 bits per heavy atom. The lowest BCUT2D eigenvalue weighted by Gasteiger charge is -2.24. The van der Waals surface area contributed by atoms with Crippen LogP contribution in [0.5, 0.6) is 23.0 Å². The summed E-state index contributed by atoms with van der Waals surface area (Å²) < 4.78 is 23.4. The number of ether oxygens (including phenoxy) is 4. The Labute approximate surface area is 210 Å². The first-order valence-electron chi connectivity index (χ1n) is 10.6. The van der Waals surface area contributed by atoms with E-state index in [4.69, 9.17) is 24.7 Å². The summed E-state index contributed by atoms with van der Waals surface area (Å²) in [5, 5.41) is 20.2. The van der Waals surface area contributed by atoms with Gasteiger partial charge in [-0.3, -0.25) is 9.36 Å². The van der Waals surface area contributed by atoms with Crippen molar-refractivity contribution in [1.82, 2.24) is 4.57 Å². The molecule has 4 rings (SSSR count). The third-order valence-corrected chi connectivity index (χ3v) is 6.98. The molecule has 0 unspecified atom stereocenters. The van der Waals surface area contributed by atoms with Crippen molar-refractivity contribution in [3.05, 3.63) is 72.6 Å². The summed E-state index contributed by atoms with van der Waals surface area (Å²) in [5.74, 6) is 1.25. The zero-order valence-corrected chi connectivity index (χ0v) is 20.8. The largest absolute Gasteiger partial charge is 0.497 e. The number of methoxy groups -OCH3 is 4. The maximum absolute atomic E-state index is 13.4. The molecule has 1 aromatic heterocycles. The zero-order valence-electron chi connectivity index (χ0n) is 20.0. The average molecular weight is 503 g/mol. The van der Waals surface area contributed by atoms with E-state index >= 15 is 0 Å². The third kappa shape index (κ3) is 3.94. The topological polar surface area (TPSA) is 133 Å². The van der Waals surface area contributed by atoms with Crippen LogP contribution < -0.4 is 39.4 Å². The van der Waals surface area contributed by atoms with Crippen LogP contribution in [0.2, 0.25) is 0 Å². The molecule has 0 fully saturated rings. The number of fused-ring (bicyclic) bond motifs is 1. The normalized spacial score (nSPS) is 15.1. The summed E-state index contributed by atoms with van der Waals surface area (Å²) in [6.45, 7) is 0. The van der Waals surface area contributed by atoms with Crippen LogP contribution in [-0.2, 0) is 0 Å². The van der Waals surface area contributed by atoms with Gasteiger partial charge < -0.3 is 24.7 Å². The highest BCUT2D eigenvalue weighted by Crippen LogP contribution is 2.41. The fraction of sp³-hybridized carbons (Fsp3) is 0.192. The fourth-order valence-electron chi connectivity index (χ4n) is 4.10. The second-order valence-electron chi connectivity index (χ2n) is 7.64. The minimum Gasteiger partial charge on any atom is -0.497 e. The molecule has 2 aromatic carbocycles. The zero-order chi connectivity index (χ0) is 26.0. The van der Waals surface area contributed by atoms with Gasteiger partial charge >= 0.3 is 0 Å².